The first-order valence-electron chi connectivity index (χ1n) is 8.56. The van der Waals surface area contributed by atoms with E-state index in [9.17, 15) is 9.59 Å². The van der Waals surface area contributed by atoms with Gasteiger partial charge in [0.05, 0.1) is 11.7 Å². The maximum atomic E-state index is 12.5. The van der Waals surface area contributed by atoms with E-state index >= 15 is 0 Å². The lowest BCUT2D eigenvalue weighted by molar-refractivity contribution is -0.132. The van der Waals surface area contributed by atoms with Gasteiger partial charge in [-0.2, -0.15) is 0 Å². The highest BCUT2D eigenvalue weighted by atomic mass is 35.5. The Labute approximate surface area is 156 Å². The molecular formula is C17H23ClN4O2S. The maximum Gasteiger partial charge on any atom is 0.262 e. The summed E-state index contributed by atoms with van der Waals surface area (Å²) in [5.41, 5.74) is -0.0587. The molecule has 4 heterocycles. The van der Waals surface area contributed by atoms with E-state index in [1.54, 1.807) is 17.0 Å². The Morgan fingerprint density at radius 3 is 2.84 bits per heavy atom. The molecule has 1 N–H and O–H groups in total. The van der Waals surface area contributed by atoms with Gasteiger partial charge >= 0.3 is 0 Å². The molecular weight excluding hydrogens is 360 g/mol. The van der Waals surface area contributed by atoms with Crippen LogP contribution in [0.25, 0.3) is 10.2 Å². The van der Waals surface area contributed by atoms with E-state index in [1.807, 2.05) is 17.3 Å². The summed E-state index contributed by atoms with van der Waals surface area (Å²) in [4.78, 5) is 31.9. The molecule has 2 aromatic heterocycles. The minimum absolute atomic E-state index is 0. The van der Waals surface area contributed by atoms with Crippen LogP contribution in [-0.2, 0) is 11.3 Å². The van der Waals surface area contributed by atoms with Gasteiger partial charge < -0.3 is 10.2 Å². The first kappa shape index (κ1) is 18.4. The van der Waals surface area contributed by atoms with Crippen molar-refractivity contribution in [3.05, 3.63) is 28.1 Å². The third-order valence-corrected chi connectivity index (χ3v) is 6.23. The molecule has 2 aliphatic rings. The standard InChI is InChI=1S/C17H22N4O2S.ClH/c1-20(13-8-11-2-3-12(9-13)19-11)15(22)4-6-21-10-18-16-14(17(21)23)5-7-24-16;/h5,7,10-13,19H,2-4,6,8-9H2,1H3;1H. The molecule has 8 heteroatoms. The average molecular weight is 383 g/mol. The number of fused-ring (bicyclic) bond motifs is 3. The molecule has 0 spiro atoms. The summed E-state index contributed by atoms with van der Waals surface area (Å²) in [5, 5.41) is 6.11. The van der Waals surface area contributed by atoms with E-state index in [0.29, 0.717) is 36.5 Å². The summed E-state index contributed by atoms with van der Waals surface area (Å²) in [7, 11) is 1.90. The van der Waals surface area contributed by atoms with Crippen molar-refractivity contribution in [3.63, 3.8) is 0 Å². The van der Waals surface area contributed by atoms with Crippen LogP contribution >= 0.6 is 23.7 Å². The van der Waals surface area contributed by atoms with Crippen molar-refractivity contribution in [2.75, 3.05) is 7.05 Å². The van der Waals surface area contributed by atoms with Crippen LogP contribution in [0.1, 0.15) is 32.1 Å². The SMILES string of the molecule is CN(C(=O)CCn1cnc2sccc2c1=O)C1CC2CCC(C1)N2.Cl. The van der Waals surface area contributed by atoms with E-state index in [0.717, 1.165) is 17.7 Å². The molecule has 25 heavy (non-hydrogen) atoms. The number of piperidine rings is 1. The van der Waals surface area contributed by atoms with Crippen LogP contribution in [0.2, 0.25) is 0 Å². The number of aromatic nitrogens is 2. The first-order valence-corrected chi connectivity index (χ1v) is 9.44. The van der Waals surface area contributed by atoms with E-state index < -0.39 is 0 Å². The number of carbonyl (C=O) groups excluding carboxylic acids is 1. The third kappa shape index (κ3) is 3.59. The lowest BCUT2D eigenvalue weighted by atomic mass is 9.98. The molecule has 6 nitrogen and oxygen atoms in total. The van der Waals surface area contributed by atoms with Crippen LogP contribution < -0.4 is 10.9 Å². The lowest BCUT2D eigenvalue weighted by Crippen LogP contribution is -2.48. The molecule has 0 saturated carbocycles. The Morgan fingerprint density at radius 1 is 1.40 bits per heavy atom. The monoisotopic (exact) mass is 382 g/mol. The smallest absolute Gasteiger partial charge is 0.262 e. The van der Waals surface area contributed by atoms with Crippen LogP contribution in [0, 0.1) is 0 Å². The van der Waals surface area contributed by atoms with Crippen molar-refractivity contribution in [2.24, 2.45) is 0 Å². The topological polar surface area (TPSA) is 67.2 Å². The highest BCUT2D eigenvalue weighted by Gasteiger charge is 2.36. The summed E-state index contributed by atoms with van der Waals surface area (Å²) in [6.45, 7) is 0.388. The van der Waals surface area contributed by atoms with Gasteiger partial charge in [0.25, 0.3) is 5.56 Å². The molecule has 2 fully saturated rings. The van der Waals surface area contributed by atoms with Crippen molar-refractivity contribution in [1.29, 1.82) is 0 Å². The summed E-state index contributed by atoms with van der Waals surface area (Å²) in [6.07, 6.45) is 6.43. The fourth-order valence-corrected chi connectivity index (χ4v) is 4.72. The third-order valence-electron chi connectivity index (χ3n) is 5.41. The highest BCUT2D eigenvalue weighted by molar-refractivity contribution is 7.16. The van der Waals surface area contributed by atoms with Crippen molar-refractivity contribution in [3.8, 4) is 0 Å². The second-order valence-corrected chi connectivity index (χ2v) is 7.79. The van der Waals surface area contributed by atoms with Gasteiger partial charge in [-0.05, 0) is 37.1 Å². The van der Waals surface area contributed by atoms with Gasteiger partial charge in [0.1, 0.15) is 4.83 Å². The zero-order chi connectivity index (χ0) is 16.7. The molecule has 2 bridgehead atoms. The predicted octanol–water partition coefficient (Wildman–Crippen LogP) is 2.01. The summed E-state index contributed by atoms with van der Waals surface area (Å²) >= 11 is 1.46. The molecule has 0 aromatic carbocycles. The predicted molar refractivity (Wildman–Crippen MR) is 101 cm³/mol. The van der Waals surface area contributed by atoms with E-state index in [4.69, 9.17) is 0 Å². The average Bonchev–Trinajstić information content (AvgIpc) is 3.20. The number of nitrogens with zero attached hydrogens (tertiary/aromatic N) is 3. The number of carbonyl (C=O) groups is 1. The number of aryl methyl sites for hydroxylation is 1. The number of amides is 1. The van der Waals surface area contributed by atoms with E-state index in [1.165, 1.54) is 24.2 Å². The molecule has 136 valence electrons. The maximum absolute atomic E-state index is 12.5. The largest absolute Gasteiger partial charge is 0.343 e. The molecule has 2 aromatic rings. The van der Waals surface area contributed by atoms with Gasteiger partial charge in [0, 0.05) is 38.1 Å². The minimum atomic E-state index is -0.0587. The molecule has 2 saturated heterocycles. The number of hydrogen-bond acceptors (Lipinski definition) is 5. The van der Waals surface area contributed by atoms with Crippen LogP contribution in [0.3, 0.4) is 0 Å². The fraction of sp³-hybridized carbons (Fsp3) is 0.588. The summed E-state index contributed by atoms with van der Waals surface area (Å²) in [5.74, 6) is 0.110. The first-order chi connectivity index (χ1) is 11.6. The van der Waals surface area contributed by atoms with Crippen molar-refractivity contribution in [1.82, 2.24) is 19.8 Å². The zero-order valence-corrected chi connectivity index (χ0v) is 15.8. The molecule has 2 unspecified atom stereocenters. The summed E-state index contributed by atoms with van der Waals surface area (Å²) in [6, 6.07) is 3.25. The Balaban J connectivity index is 0.00000182. The van der Waals surface area contributed by atoms with Crippen molar-refractivity contribution >= 4 is 39.9 Å². The minimum Gasteiger partial charge on any atom is -0.343 e. The van der Waals surface area contributed by atoms with Gasteiger partial charge in [0.15, 0.2) is 0 Å². The van der Waals surface area contributed by atoms with E-state index in [-0.39, 0.29) is 23.9 Å². The fourth-order valence-electron chi connectivity index (χ4n) is 3.99. The van der Waals surface area contributed by atoms with Crippen molar-refractivity contribution in [2.45, 2.75) is 56.8 Å². The number of rotatable bonds is 4. The van der Waals surface area contributed by atoms with Crippen LogP contribution in [0.4, 0.5) is 0 Å². The Morgan fingerprint density at radius 2 is 2.12 bits per heavy atom. The molecule has 0 aliphatic carbocycles. The molecule has 2 atom stereocenters. The molecule has 1 amide bonds. The molecule has 2 aliphatic heterocycles. The molecule has 4 rings (SSSR count). The Bertz CT molecular complexity index is 808. The number of hydrogen-bond donors (Lipinski definition) is 1. The highest BCUT2D eigenvalue weighted by Crippen LogP contribution is 2.29. The lowest BCUT2D eigenvalue weighted by Gasteiger charge is -2.35. The zero-order valence-electron chi connectivity index (χ0n) is 14.2. The number of thiophene rings is 1. The van der Waals surface area contributed by atoms with Crippen LogP contribution in [0.5, 0.6) is 0 Å². The van der Waals surface area contributed by atoms with Gasteiger partial charge in [-0.1, -0.05) is 0 Å². The van der Waals surface area contributed by atoms with Gasteiger partial charge in [-0.3, -0.25) is 14.2 Å². The second-order valence-electron chi connectivity index (χ2n) is 6.90. The Hall–Kier alpha value is -1.44. The number of nitrogens with one attached hydrogen (secondary N) is 1. The van der Waals surface area contributed by atoms with Gasteiger partial charge in [-0.15, -0.1) is 23.7 Å². The normalized spacial score (nSPS) is 24.9. The van der Waals surface area contributed by atoms with Crippen molar-refractivity contribution < 1.29 is 4.79 Å². The van der Waals surface area contributed by atoms with E-state index in [2.05, 4.69) is 10.3 Å². The number of halogens is 1. The molecule has 0 radical (unpaired) electrons. The second kappa shape index (κ2) is 7.43. The van der Waals surface area contributed by atoms with Crippen LogP contribution in [-0.4, -0.2) is 45.5 Å². The van der Waals surface area contributed by atoms with Gasteiger partial charge in [0.2, 0.25) is 5.91 Å². The van der Waals surface area contributed by atoms with Gasteiger partial charge in [-0.25, -0.2) is 4.98 Å². The quantitative estimate of drug-likeness (QED) is 0.878. The Kier molecular flexibility index (Phi) is 5.46. The van der Waals surface area contributed by atoms with Crippen LogP contribution in [0.15, 0.2) is 22.6 Å². The summed E-state index contributed by atoms with van der Waals surface area (Å²) < 4.78 is 1.55.